The molecule has 0 unspecified atom stereocenters. The fraction of sp³-hybridized carbons (Fsp3) is 0.417. The molecule has 1 N–H and O–H groups in total. The molecule has 18 heavy (non-hydrogen) atoms. The lowest BCUT2D eigenvalue weighted by molar-refractivity contribution is -0.119. The Hall–Kier alpha value is -0.880. The summed E-state index contributed by atoms with van der Waals surface area (Å²) in [6.07, 6.45) is 1.73. The molecule has 0 spiro atoms. The molecular weight excluding hydrogens is 318 g/mol. The second-order valence-corrected chi connectivity index (χ2v) is 6.46. The topological polar surface area (TPSA) is 63.2 Å². The van der Waals surface area contributed by atoms with Gasteiger partial charge in [0, 0.05) is 11.8 Å². The predicted molar refractivity (Wildman–Crippen MR) is 74.2 cm³/mol. The summed E-state index contributed by atoms with van der Waals surface area (Å²) in [6, 6.07) is 6.38. The van der Waals surface area contributed by atoms with Gasteiger partial charge in [-0.3, -0.25) is 4.79 Å². The molecule has 0 heterocycles. The van der Waals surface area contributed by atoms with E-state index in [9.17, 15) is 13.2 Å². The van der Waals surface area contributed by atoms with Gasteiger partial charge in [-0.15, -0.1) is 0 Å². The quantitative estimate of drug-likeness (QED) is 0.642. The molecular formula is C12H16BrNO3S. The molecule has 1 amide bonds. The van der Waals surface area contributed by atoms with Crippen LogP contribution in [0, 0.1) is 6.92 Å². The smallest absolute Gasteiger partial charge is 0.264 e. The molecule has 0 fully saturated rings. The summed E-state index contributed by atoms with van der Waals surface area (Å²) in [5.41, 5.74) is 0.970. The van der Waals surface area contributed by atoms with Crippen molar-refractivity contribution >= 4 is 31.9 Å². The third-order valence-corrected chi connectivity index (χ3v) is 4.32. The van der Waals surface area contributed by atoms with E-state index in [1.165, 1.54) is 12.1 Å². The first-order valence-corrected chi connectivity index (χ1v) is 8.24. The van der Waals surface area contributed by atoms with E-state index in [0.717, 1.165) is 17.3 Å². The number of carbonyl (C=O) groups is 1. The van der Waals surface area contributed by atoms with E-state index in [4.69, 9.17) is 0 Å². The minimum absolute atomic E-state index is 0.113. The average Bonchev–Trinajstić information content (AvgIpc) is 2.29. The standard InChI is InChI=1S/C12H16BrNO3S/c1-10-5-7-11(8-6-10)18(16,17)14-12(15)4-2-3-9-13/h5-8H,2-4,9H2,1H3,(H,14,15). The molecule has 4 nitrogen and oxygen atoms in total. The molecule has 100 valence electrons. The Balaban J connectivity index is 2.64. The van der Waals surface area contributed by atoms with Gasteiger partial charge >= 0.3 is 0 Å². The zero-order chi connectivity index (χ0) is 13.6. The maximum atomic E-state index is 11.8. The van der Waals surface area contributed by atoms with E-state index in [-0.39, 0.29) is 11.3 Å². The summed E-state index contributed by atoms with van der Waals surface area (Å²) in [5.74, 6) is -0.462. The van der Waals surface area contributed by atoms with Gasteiger partial charge in [-0.25, -0.2) is 13.1 Å². The van der Waals surface area contributed by atoms with Crippen LogP contribution >= 0.6 is 15.9 Å². The number of sulfonamides is 1. The molecule has 1 aromatic carbocycles. The van der Waals surface area contributed by atoms with Crippen LogP contribution in [-0.4, -0.2) is 19.7 Å². The molecule has 0 saturated heterocycles. The first-order chi connectivity index (χ1) is 8.45. The number of nitrogens with one attached hydrogen (secondary N) is 1. The van der Waals surface area contributed by atoms with Crippen LogP contribution < -0.4 is 4.72 Å². The van der Waals surface area contributed by atoms with Crippen LogP contribution in [0.1, 0.15) is 24.8 Å². The van der Waals surface area contributed by atoms with Crippen molar-refractivity contribution < 1.29 is 13.2 Å². The Bertz CT molecular complexity index is 497. The third kappa shape index (κ3) is 4.78. The second kappa shape index (κ2) is 6.89. The molecule has 1 rings (SSSR count). The van der Waals surface area contributed by atoms with Crippen molar-refractivity contribution in [2.75, 3.05) is 5.33 Å². The van der Waals surface area contributed by atoms with E-state index in [1.807, 2.05) is 6.92 Å². The monoisotopic (exact) mass is 333 g/mol. The molecule has 0 atom stereocenters. The van der Waals surface area contributed by atoms with Gasteiger partial charge in [0.15, 0.2) is 0 Å². The second-order valence-electron chi connectivity index (χ2n) is 3.99. The Kier molecular flexibility index (Phi) is 5.81. The van der Waals surface area contributed by atoms with Crippen molar-refractivity contribution in [2.45, 2.75) is 31.1 Å². The van der Waals surface area contributed by atoms with Crippen molar-refractivity contribution in [3.05, 3.63) is 29.8 Å². The van der Waals surface area contributed by atoms with Gasteiger partial charge in [-0.05, 0) is 31.9 Å². The highest BCUT2D eigenvalue weighted by Gasteiger charge is 2.16. The number of benzene rings is 1. The molecule has 0 bridgehead atoms. The summed E-state index contributed by atoms with van der Waals surface area (Å²) in [4.78, 5) is 11.6. The first kappa shape index (κ1) is 15.2. The van der Waals surface area contributed by atoms with Crippen LogP contribution in [0.4, 0.5) is 0 Å². The molecule has 0 radical (unpaired) electrons. The highest BCUT2D eigenvalue weighted by Crippen LogP contribution is 2.10. The van der Waals surface area contributed by atoms with Crippen molar-refractivity contribution in [3.8, 4) is 0 Å². The highest BCUT2D eigenvalue weighted by molar-refractivity contribution is 9.09. The minimum atomic E-state index is -3.72. The minimum Gasteiger partial charge on any atom is -0.274 e. The first-order valence-electron chi connectivity index (χ1n) is 5.64. The van der Waals surface area contributed by atoms with E-state index in [2.05, 4.69) is 20.7 Å². The molecule has 0 aliphatic rings. The Labute approximate surface area is 116 Å². The lowest BCUT2D eigenvalue weighted by Gasteiger charge is -2.06. The molecule has 0 aromatic heterocycles. The maximum Gasteiger partial charge on any atom is 0.264 e. The lowest BCUT2D eigenvalue weighted by atomic mass is 10.2. The summed E-state index contributed by atoms with van der Waals surface area (Å²) in [6.45, 7) is 1.87. The van der Waals surface area contributed by atoms with Gasteiger partial charge in [0.25, 0.3) is 10.0 Å². The SMILES string of the molecule is Cc1ccc(S(=O)(=O)NC(=O)CCCCBr)cc1. The van der Waals surface area contributed by atoms with Crippen LogP contribution in [0.5, 0.6) is 0 Å². The number of halogens is 1. The molecule has 0 saturated carbocycles. The Morgan fingerprint density at radius 1 is 1.22 bits per heavy atom. The number of rotatable bonds is 6. The summed E-state index contributed by atoms with van der Waals surface area (Å²) >= 11 is 3.25. The van der Waals surface area contributed by atoms with Crippen molar-refractivity contribution in [1.82, 2.24) is 4.72 Å². The number of hydrogen-bond acceptors (Lipinski definition) is 3. The maximum absolute atomic E-state index is 11.8. The average molecular weight is 334 g/mol. The van der Waals surface area contributed by atoms with Crippen LogP contribution in [0.2, 0.25) is 0 Å². The van der Waals surface area contributed by atoms with Crippen molar-refractivity contribution in [2.24, 2.45) is 0 Å². The van der Waals surface area contributed by atoms with Crippen LogP contribution in [-0.2, 0) is 14.8 Å². The molecule has 1 aromatic rings. The Morgan fingerprint density at radius 3 is 2.39 bits per heavy atom. The van der Waals surface area contributed by atoms with E-state index < -0.39 is 15.9 Å². The Morgan fingerprint density at radius 2 is 1.83 bits per heavy atom. The summed E-state index contributed by atoms with van der Waals surface area (Å²) < 4.78 is 25.8. The molecule has 6 heteroatoms. The fourth-order valence-electron chi connectivity index (χ4n) is 1.36. The van der Waals surface area contributed by atoms with Gasteiger partial charge in [-0.2, -0.15) is 0 Å². The number of hydrogen-bond donors (Lipinski definition) is 1. The molecule has 0 aliphatic heterocycles. The number of amides is 1. The molecule has 0 aliphatic carbocycles. The van der Waals surface area contributed by atoms with Crippen LogP contribution in [0.3, 0.4) is 0 Å². The van der Waals surface area contributed by atoms with E-state index in [0.29, 0.717) is 6.42 Å². The fourth-order valence-corrected chi connectivity index (χ4v) is 2.77. The largest absolute Gasteiger partial charge is 0.274 e. The van der Waals surface area contributed by atoms with Gasteiger partial charge in [0.2, 0.25) is 5.91 Å². The lowest BCUT2D eigenvalue weighted by Crippen LogP contribution is -2.30. The number of alkyl halides is 1. The van der Waals surface area contributed by atoms with Gasteiger partial charge in [0.05, 0.1) is 4.90 Å². The third-order valence-electron chi connectivity index (χ3n) is 2.37. The van der Waals surface area contributed by atoms with E-state index in [1.54, 1.807) is 12.1 Å². The zero-order valence-corrected chi connectivity index (χ0v) is 12.6. The predicted octanol–water partition coefficient (Wildman–Crippen LogP) is 2.37. The van der Waals surface area contributed by atoms with Gasteiger partial charge in [-0.1, -0.05) is 33.6 Å². The van der Waals surface area contributed by atoms with Gasteiger partial charge < -0.3 is 0 Å². The zero-order valence-electron chi connectivity index (χ0n) is 10.1. The van der Waals surface area contributed by atoms with E-state index >= 15 is 0 Å². The van der Waals surface area contributed by atoms with Crippen molar-refractivity contribution in [1.29, 1.82) is 0 Å². The number of aryl methyl sites for hydroxylation is 1. The highest BCUT2D eigenvalue weighted by atomic mass is 79.9. The van der Waals surface area contributed by atoms with Crippen LogP contribution in [0.25, 0.3) is 0 Å². The normalized spacial score (nSPS) is 11.2. The van der Waals surface area contributed by atoms with Crippen molar-refractivity contribution in [3.63, 3.8) is 0 Å². The summed E-state index contributed by atoms with van der Waals surface area (Å²) in [5, 5.41) is 0.811. The van der Waals surface area contributed by atoms with Gasteiger partial charge in [0.1, 0.15) is 0 Å². The van der Waals surface area contributed by atoms with Crippen LogP contribution in [0.15, 0.2) is 29.2 Å². The summed E-state index contributed by atoms with van der Waals surface area (Å²) in [7, 11) is -3.72. The number of carbonyl (C=O) groups excluding carboxylic acids is 1. The number of unbranched alkanes of at least 4 members (excludes halogenated alkanes) is 1.